The number of aromatic nitrogens is 2. The van der Waals surface area contributed by atoms with Crippen molar-refractivity contribution in [2.75, 3.05) is 0 Å². The summed E-state index contributed by atoms with van der Waals surface area (Å²) in [6, 6.07) is 5.97. The van der Waals surface area contributed by atoms with Crippen LogP contribution in [0.2, 0.25) is 5.15 Å². The zero-order valence-electron chi connectivity index (χ0n) is 15.1. The highest BCUT2D eigenvalue weighted by atomic mass is 35.5. The Kier molecular flexibility index (Phi) is 7.27. The lowest BCUT2D eigenvalue weighted by Crippen LogP contribution is -2.19. The second-order valence-corrected chi connectivity index (χ2v) is 6.09. The van der Waals surface area contributed by atoms with Gasteiger partial charge in [-0.25, -0.2) is 8.78 Å². The van der Waals surface area contributed by atoms with Gasteiger partial charge in [-0.3, -0.25) is 0 Å². The van der Waals surface area contributed by atoms with Crippen LogP contribution in [0.3, 0.4) is 0 Å². The average Bonchev–Trinajstić information content (AvgIpc) is 2.63. The first-order valence-electron chi connectivity index (χ1n) is 8.56. The Bertz CT molecular complexity index is 819. The molecular weight excluding hydrogens is 356 g/mol. The number of hydrogen-bond donors (Lipinski definition) is 0. The Hall–Kier alpha value is -2.27. The zero-order valence-corrected chi connectivity index (χ0v) is 15.9. The average molecular weight is 378 g/mol. The highest BCUT2D eigenvalue weighted by molar-refractivity contribution is 6.29. The van der Waals surface area contributed by atoms with Gasteiger partial charge in [-0.1, -0.05) is 43.7 Å². The summed E-state index contributed by atoms with van der Waals surface area (Å²) in [5.41, 5.74) is 2.51. The van der Waals surface area contributed by atoms with Gasteiger partial charge in [0.1, 0.15) is 0 Å². The van der Waals surface area contributed by atoms with Crippen molar-refractivity contribution >= 4 is 17.3 Å². The standard InChI is InChI=1S/C20H22ClF2N3/c1-4-8-18(15-9-7-10-16(22)20(15)23)26(11-5-2)13-17-14(6-3)12-19(21)25-24-17/h5,7-12H,4,6,13H2,1-3H3/b11-5-,18-8+. The highest BCUT2D eigenvalue weighted by Gasteiger charge is 2.18. The molecule has 0 N–H and O–H groups in total. The third-order valence-electron chi connectivity index (χ3n) is 3.89. The smallest absolute Gasteiger partial charge is 0.168 e. The second kappa shape index (κ2) is 9.43. The minimum Gasteiger partial charge on any atom is -0.342 e. The largest absolute Gasteiger partial charge is 0.342 e. The molecule has 0 aliphatic carbocycles. The van der Waals surface area contributed by atoms with Crippen molar-refractivity contribution in [2.24, 2.45) is 0 Å². The summed E-state index contributed by atoms with van der Waals surface area (Å²) in [5.74, 6) is -1.73. The molecule has 0 aliphatic heterocycles. The number of hydrogen-bond acceptors (Lipinski definition) is 3. The van der Waals surface area contributed by atoms with Crippen molar-refractivity contribution in [3.8, 4) is 0 Å². The Labute approximate surface area is 158 Å². The van der Waals surface area contributed by atoms with Gasteiger partial charge in [0, 0.05) is 17.5 Å². The lowest BCUT2D eigenvalue weighted by molar-refractivity contribution is 0.483. The van der Waals surface area contributed by atoms with E-state index < -0.39 is 11.6 Å². The normalized spacial score (nSPS) is 12.0. The molecule has 0 radical (unpaired) electrons. The third kappa shape index (κ3) is 4.67. The van der Waals surface area contributed by atoms with Gasteiger partial charge in [0.2, 0.25) is 0 Å². The van der Waals surface area contributed by atoms with E-state index in [1.54, 1.807) is 12.1 Å². The number of halogens is 3. The van der Waals surface area contributed by atoms with E-state index >= 15 is 0 Å². The fraction of sp³-hybridized carbons (Fsp3) is 0.300. The zero-order chi connectivity index (χ0) is 19.1. The van der Waals surface area contributed by atoms with Crippen molar-refractivity contribution in [3.63, 3.8) is 0 Å². The SMILES string of the molecule is C/C=C\N(Cc1nnc(Cl)cc1CC)/C(=C/CC)c1cccc(F)c1F. The maximum atomic E-state index is 14.4. The first kappa shape index (κ1) is 20.0. The Morgan fingerprint density at radius 1 is 1.23 bits per heavy atom. The first-order valence-corrected chi connectivity index (χ1v) is 8.94. The van der Waals surface area contributed by atoms with Crippen molar-refractivity contribution < 1.29 is 8.78 Å². The second-order valence-electron chi connectivity index (χ2n) is 5.70. The summed E-state index contributed by atoms with van der Waals surface area (Å²) < 4.78 is 28.1. The summed E-state index contributed by atoms with van der Waals surface area (Å²) in [4.78, 5) is 1.85. The number of benzene rings is 1. The molecule has 2 rings (SSSR count). The number of nitrogens with zero attached hydrogens (tertiary/aromatic N) is 3. The molecule has 0 atom stereocenters. The number of aryl methyl sites for hydroxylation is 1. The molecule has 0 saturated heterocycles. The van der Waals surface area contributed by atoms with Crippen LogP contribution in [0.25, 0.3) is 5.70 Å². The lowest BCUT2D eigenvalue weighted by atomic mass is 10.1. The predicted octanol–water partition coefficient (Wildman–Crippen LogP) is 5.76. The van der Waals surface area contributed by atoms with E-state index in [4.69, 9.17) is 11.6 Å². The third-order valence-corrected chi connectivity index (χ3v) is 4.08. The van der Waals surface area contributed by atoms with E-state index in [1.807, 2.05) is 44.0 Å². The molecule has 26 heavy (non-hydrogen) atoms. The van der Waals surface area contributed by atoms with E-state index in [1.165, 1.54) is 6.07 Å². The Morgan fingerprint density at radius 2 is 2.00 bits per heavy atom. The molecule has 138 valence electrons. The quantitative estimate of drug-likeness (QED) is 0.614. The maximum absolute atomic E-state index is 14.4. The summed E-state index contributed by atoms with van der Waals surface area (Å²) in [6.07, 6.45) is 6.95. The van der Waals surface area contributed by atoms with E-state index in [2.05, 4.69) is 10.2 Å². The van der Waals surface area contributed by atoms with Gasteiger partial charge in [-0.15, -0.1) is 5.10 Å². The van der Waals surface area contributed by atoms with Crippen LogP contribution in [0.15, 0.2) is 42.6 Å². The molecule has 1 heterocycles. The summed E-state index contributed by atoms with van der Waals surface area (Å²) in [6.45, 7) is 6.20. The van der Waals surface area contributed by atoms with Gasteiger partial charge in [0.15, 0.2) is 16.8 Å². The van der Waals surface area contributed by atoms with Gasteiger partial charge in [0.25, 0.3) is 0 Å². The molecule has 0 amide bonds. The Balaban J connectivity index is 2.49. The molecule has 2 aromatic rings. The summed E-state index contributed by atoms with van der Waals surface area (Å²) >= 11 is 5.94. The Morgan fingerprint density at radius 3 is 2.65 bits per heavy atom. The molecule has 3 nitrogen and oxygen atoms in total. The van der Waals surface area contributed by atoms with Crippen LogP contribution in [0.5, 0.6) is 0 Å². The molecular formula is C20H22ClF2N3. The monoisotopic (exact) mass is 377 g/mol. The molecule has 1 aromatic carbocycles. The van der Waals surface area contributed by atoms with Crippen LogP contribution in [0.4, 0.5) is 8.78 Å². The molecule has 0 aliphatic rings. The van der Waals surface area contributed by atoms with E-state index in [-0.39, 0.29) is 5.56 Å². The molecule has 0 bridgehead atoms. The molecule has 0 fully saturated rings. The minimum atomic E-state index is -0.870. The van der Waals surface area contributed by atoms with Crippen LogP contribution in [0.1, 0.15) is 44.0 Å². The van der Waals surface area contributed by atoms with E-state index in [0.29, 0.717) is 23.8 Å². The number of allylic oxidation sites excluding steroid dienone is 2. The van der Waals surface area contributed by atoms with Crippen molar-refractivity contribution in [2.45, 2.75) is 40.2 Å². The fourth-order valence-corrected chi connectivity index (χ4v) is 2.87. The molecule has 0 saturated carbocycles. The fourth-order valence-electron chi connectivity index (χ4n) is 2.70. The van der Waals surface area contributed by atoms with Crippen LogP contribution < -0.4 is 0 Å². The van der Waals surface area contributed by atoms with E-state index in [0.717, 1.165) is 23.7 Å². The van der Waals surface area contributed by atoms with Gasteiger partial charge in [-0.2, -0.15) is 5.10 Å². The van der Waals surface area contributed by atoms with Crippen LogP contribution in [-0.4, -0.2) is 15.1 Å². The molecule has 6 heteroatoms. The van der Waals surface area contributed by atoms with Crippen molar-refractivity contribution in [1.82, 2.24) is 15.1 Å². The van der Waals surface area contributed by atoms with Gasteiger partial charge >= 0.3 is 0 Å². The van der Waals surface area contributed by atoms with Crippen molar-refractivity contribution in [1.29, 1.82) is 0 Å². The predicted molar refractivity (Wildman–Crippen MR) is 101 cm³/mol. The highest BCUT2D eigenvalue weighted by Crippen LogP contribution is 2.27. The van der Waals surface area contributed by atoms with Gasteiger partial charge in [0.05, 0.1) is 12.2 Å². The summed E-state index contributed by atoms with van der Waals surface area (Å²) in [5, 5.41) is 8.45. The van der Waals surface area contributed by atoms with Gasteiger partial charge in [-0.05, 0) is 43.5 Å². The van der Waals surface area contributed by atoms with Gasteiger partial charge < -0.3 is 4.90 Å². The van der Waals surface area contributed by atoms with Crippen LogP contribution in [0, 0.1) is 11.6 Å². The molecule has 0 spiro atoms. The van der Waals surface area contributed by atoms with E-state index in [9.17, 15) is 8.78 Å². The number of rotatable bonds is 7. The minimum absolute atomic E-state index is 0.213. The van der Waals surface area contributed by atoms with Crippen LogP contribution in [-0.2, 0) is 13.0 Å². The lowest BCUT2D eigenvalue weighted by Gasteiger charge is -2.25. The van der Waals surface area contributed by atoms with Crippen molar-refractivity contribution in [3.05, 3.63) is 76.2 Å². The topological polar surface area (TPSA) is 29.0 Å². The summed E-state index contributed by atoms with van der Waals surface area (Å²) in [7, 11) is 0. The molecule has 1 aromatic heterocycles. The molecule has 0 unspecified atom stereocenters. The van der Waals surface area contributed by atoms with Crippen LogP contribution >= 0.6 is 11.6 Å². The first-order chi connectivity index (χ1) is 12.5. The maximum Gasteiger partial charge on any atom is 0.168 e.